The second-order valence-corrected chi connectivity index (χ2v) is 3.40. The monoisotopic (exact) mass is 239 g/mol. The van der Waals surface area contributed by atoms with Gasteiger partial charge in [0.15, 0.2) is 0 Å². The number of halogens is 6. The van der Waals surface area contributed by atoms with E-state index in [1.54, 1.807) is 0 Å². The Balaban J connectivity index is 5.43. The minimum Gasteiger partial charge on any atom is -0.372 e. The maximum atomic E-state index is 12.2. The second-order valence-electron chi connectivity index (χ2n) is 3.40. The molecule has 0 radical (unpaired) electrons. The lowest BCUT2D eigenvalue weighted by Gasteiger charge is -2.39. The van der Waals surface area contributed by atoms with E-state index in [0.717, 1.165) is 14.1 Å². The normalized spacial score (nSPS) is 17.0. The summed E-state index contributed by atoms with van der Waals surface area (Å²) in [6, 6.07) is -2.13. The van der Waals surface area contributed by atoms with E-state index in [2.05, 4.69) is 0 Å². The molecule has 15 heavy (non-hydrogen) atoms. The fourth-order valence-electron chi connectivity index (χ4n) is 1.01. The Morgan fingerprint density at radius 3 is 1.27 bits per heavy atom. The van der Waals surface area contributed by atoms with Crippen molar-refractivity contribution in [3.8, 4) is 0 Å². The first-order valence-electron chi connectivity index (χ1n) is 3.88. The molecule has 1 atom stereocenters. The molecule has 0 spiro atoms. The van der Waals surface area contributed by atoms with Gasteiger partial charge in [-0.05, 0) is 21.0 Å². The summed E-state index contributed by atoms with van der Waals surface area (Å²) >= 11 is 0. The van der Waals surface area contributed by atoms with Crippen LogP contribution in [0.1, 0.15) is 6.92 Å². The van der Waals surface area contributed by atoms with Crippen molar-refractivity contribution in [1.82, 2.24) is 4.90 Å². The Bertz CT molecular complexity index is 207. The van der Waals surface area contributed by atoms with Crippen LogP contribution in [0.4, 0.5) is 26.3 Å². The lowest BCUT2D eigenvalue weighted by atomic mass is 9.93. The van der Waals surface area contributed by atoms with E-state index < -0.39 is 24.0 Å². The SMILES string of the molecule is CC(N(C)C)C(O)(C(F)(F)F)C(F)(F)F. The summed E-state index contributed by atoms with van der Waals surface area (Å²) < 4.78 is 73.3. The Morgan fingerprint density at radius 2 is 1.20 bits per heavy atom. The topological polar surface area (TPSA) is 23.5 Å². The molecule has 0 saturated carbocycles. The zero-order chi connectivity index (χ0) is 12.7. The van der Waals surface area contributed by atoms with Crippen molar-refractivity contribution < 1.29 is 31.4 Å². The van der Waals surface area contributed by atoms with Gasteiger partial charge in [-0.25, -0.2) is 0 Å². The smallest absolute Gasteiger partial charge is 0.372 e. The van der Waals surface area contributed by atoms with Crippen molar-refractivity contribution in [2.45, 2.75) is 30.9 Å². The molecule has 0 saturated heterocycles. The third kappa shape index (κ3) is 2.36. The highest BCUT2D eigenvalue weighted by molar-refractivity contribution is 5.01. The van der Waals surface area contributed by atoms with Gasteiger partial charge in [0.2, 0.25) is 0 Å². The van der Waals surface area contributed by atoms with E-state index >= 15 is 0 Å². The second kappa shape index (κ2) is 3.82. The van der Waals surface area contributed by atoms with Crippen LogP contribution in [0.15, 0.2) is 0 Å². The predicted molar refractivity (Wildman–Crippen MR) is 40.2 cm³/mol. The van der Waals surface area contributed by atoms with Gasteiger partial charge in [-0.3, -0.25) is 0 Å². The van der Waals surface area contributed by atoms with E-state index in [9.17, 15) is 26.3 Å². The van der Waals surface area contributed by atoms with Crippen molar-refractivity contribution in [3.05, 3.63) is 0 Å². The quantitative estimate of drug-likeness (QED) is 0.742. The van der Waals surface area contributed by atoms with Crippen molar-refractivity contribution in [3.63, 3.8) is 0 Å². The fraction of sp³-hybridized carbons (Fsp3) is 1.00. The predicted octanol–water partition coefficient (Wildman–Crippen LogP) is 1.79. The van der Waals surface area contributed by atoms with Gasteiger partial charge < -0.3 is 10.0 Å². The van der Waals surface area contributed by atoms with Gasteiger partial charge in [0, 0.05) is 0 Å². The average Bonchev–Trinajstić information content (AvgIpc) is 1.96. The number of rotatable bonds is 2. The van der Waals surface area contributed by atoms with Gasteiger partial charge in [0.1, 0.15) is 0 Å². The van der Waals surface area contributed by atoms with Crippen LogP contribution in [-0.2, 0) is 0 Å². The third-order valence-corrected chi connectivity index (χ3v) is 2.24. The summed E-state index contributed by atoms with van der Waals surface area (Å²) in [5, 5.41) is 8.83. The molecule has 0 aliphatic rings. The van der Waals surface area contributed by atoms with Gasteiger partial charge >= 0.3 is 12.4 Å². The minimum atomic E-state index is -5.77. The summed E-state index contributed by atoms with van der Waals surface area (Å²) in [6.45, 7) is 0.654. The van der Waals surface area contributed by atoms with Crippen molar-refractivity contribution >= 4 is 0 Å². The number of hydrogen-bond donors (Lipinski definition) is 1. The highest BCUT2D eigenvalue weighted by Crippen LogP contribution is 2.46. The van der Waals surface area contributed by atoms with E-state index in [1.807, 2.05) is 0 Å². The third-order valence-electron chi connectivity index (χ3n) is 2.24. The highest BCUT2D eigenvalue weighted by atomic mass is 19.4. The van der Waals surface area contributed by atoms with Crippen molar-refractivity contribution in [1.29, 1.82) is 0 Å². The van der Waals surface area contributed by atoms with Crippen LogP contribution in [0.2, 0.25) is 0 Å². The van der Waals surface area contributed by atoms with E-state index in [1.165, 1.54) is 0 Å². The number of hydrogen-bond acceptors (Lipinski definition) is 2. The first kappa shape index (κ1) is 14.5. The molecular weight excluding hydrogens is 228 g/mol. The maximum absolute atomic E-state index is 12.2. The number of aliphatic hydroxyl groups is 1. The minimum absolute atomic E-state index is 0.654. The molecule has 0 heterocycles. The van der Waals surface area contributed by atoms with Gasteiger partial charge in [-0.15, -0.1) is 0 Å². The Hall–Kier alpha value is -0.500. The summed E-state index contributed by atoms with van der Waals surface area (Å²) in [5.41, 5.74) is -4.72. The zero-order valence-electron chi connectivity index (χ0n) is 8.24. The van der Waals surface area contributed by atoms with E-state index in [0.29, 0.717) is 11.8 Å². The summed E-state index contributed by atoms with van der Waals surface area (Å²) in [4.78, 5) is 0.654. The molecule has 0 rings (SSSR count). The lowest BCUT2D eigenvalue weighted by Crippen LogP contribution is -2.66. The van der Waals surface area contributed by atoms with Crippen molar-refractivity contribution in [2.75, 3.05) is 14.1 Å². The molecule has 0 aliphatic heterocycles. The van der Waals surface area contributed by atoms with Crippen LogP contribution in [-0.4, -0.2) is 48.1 Å². The van der Waals surface area contributed by atoms with Crippen LogP contribution in [0.3, 0.4) is 0 Å². The molecule has 0 aromatic heterocycles. The number of nitrogens with zero attached hydrogens (tertiary/aromatic N) is 1. The van der Waals surface area contributed by atoms with Crippen molar-refractivity contribution in [2.24, 2.45) is 0 Å². The molecular formula is C7H11F6NO. The average molecular weight is 239 g/mol. The van der Waals surface area contributed by atoms with Crippen LogP contribution in [0.25, 0.3) is 0 Å². The molecule has 92 valence electrons. The Labute approximate surface area is 82.5 Å². The maximum Gasteiger partial charge on any atom is 0.427 e. The molecule has 0 aromatic rings. The Kier molecular flexibility index (Phi) is 3.69. The van der Waals surface area contributed by atoms with Crippen LogP contribution in [0, 0.1) is 0 Å². The summed E-state index contributed by atoms with van der Waals surface area (Å²) in [7, 11) is 2.04. The van der Waals surface area contributed by atoms with Crippen LogP contribution in [0.5, 0.6) is 0 Å². The highest BCUT2D eigenvalue weighted by Gasteiger charge is 2.73. The van der Waals surface area contributed by atoms with Crippen LogP contribution >= 0.6 is 0 Å². The number of likely N-dealkylation sites (N-methyl/N-ethyl adjacent to an activating group) is 1. The molecule has 1 N–H and O–H groups in total. The summed E-state index contributed by atoms with van der Waals surface area (Å²) in [6.07, 6.45) is -11.5. The number of alkyl halides is 6. The summed E-state index contributed by atoms with van der Waals surface area (Å²) in [5.74, 6) is 0. The van der Waals surface area contributed by atoms with Gasteiger partial charge in [-0.1, -0.05) is 0 Å². The zero-order valence-corrected chi connectivity index (χ0v) is 8.24. The molecule has 0 aliphatic carbocycles. The standard InChI is InChI=1S/C7H11F6NO/c1-4(14(2)3)5(15,6(8,9)10)7(11,12)13/h4,15H,1-3H3. The van der Waals surface area contributed by atoms with Gasteiger partial charge in [-0.2, -0.15) is 26.3 Å². The molecule has 0 fully saturated rings. The molecule has 0 amide bonds. The molecule has 1 unspecified atom stereocenters. The first-order chi connectivity index (χ1) is 6.35. The molecule has 2 nitrogen and oxygen atoms in total. The lowest BCUT2D eigenvalue weighted by molar-refractivity contribution is -0.381. The fourth-order valence-corrected chi connectivity index (χ4v) is 1.01. The largest absolute Gasteiger partial charge is 0.427 e. The Morgan fingerprint density at radius 1 is 0.933 bits per heavy atom. The van der Waals surface area contributed by atoms with Gasteiger partial charge in [0.25, 0.3) is 5.60 Å². The first-order valence-corrected chi connectivity index (χ1v) is 3.88. The molecule has 0 aromatic carbocycles. The molecule has 8 heteroatoms. The van der Waals surface area contributed by atoms with E-state index in [-0.39, 0.29) is 0 Å². The van der Waals surface area contributed by atoms with Gasteiger partial charge in [0.05, 0.1) is 6.04 Å². The molecule has 0 bridgehead atoms. The van der Waals surface area contributed by atoms with E-state index in [4.69, 9.17) is 5.11 Å². The van der Waals surface area contributed by atoms with Crippen LogP contribution < -0.4 is 0 Å².